The molecule has 0 radical (unpaired) electrons. The molecule has 3 aliphatic rings. The molecule has 3 N–H and O–H groups in total. The molecule has 2 aromatic rings. The molecule has 0 bridgehead atoms. The Morgan fingerprint density at radius 2 is 1.87 bits per heavy atom. The molecule has 5 rings (SSSR count). The second kappa shape index (κ2) is 9.04. The molecule has 2 aromatic carbocycles. The zero-order chi connectivity index (χ0) is 27.6. The SMILES string of the molecule is NC(=O)C1CC2CC2([C@@H](c2ccc(C(F)(F)F)cc2F)C2CC2)N1C(=O)c1cccc(S(=O)(=O)CCO)c1. The van der Waals surface area contributed by atoms with E-state index in [0.29, 0.717) is 25.3 Å². The van der Waals surface area contributed by atoms with Crippen molar-refractivity contribution in [1.82, 2.24) is 4.90 Å². The van der Waals surface area contributed by atoms with Crippen molar-refractivity contribution in [2.75, 3.05) is 12.4 Å². The van der Waals surface area contributed by atoms with Gasteiger partial charge in [0.05, 0.1) is 28.4 Å². The van der Waals surface area contributed by atoms with E-state index >= 15 is 4.39 Å². The van der Waals surface area contributed by atoms with E-state index in [9.17, 15) is 31.2 Å². The highest BCUT2D eigenvalue weighted by Gasteiger charge is 2.73. The average molecular weight is 555 g/mol. The lowest BCUT2D eigenvalue weighted by atomic mass is 9.82. The van der Waals surface area contributed by atoms with Gasteiger partial charge in [-0.25, -0.2) is 12.8 Å². The molecular weight excluding hydrogens is 528 g/mol. The molecular formula is C26H26F4N2O5S. The number of benzene rings is 2. The summed E-state index contributed by atoms with van der Waals surface area (Å²) in [4.78, 5) is 27.5. The minimum Gasteiger partial charge on any atom is -0.395 e. The maximum Gasteiger partial charge on any atom is 0.416 e. The van der Waals surface area contributed by atoms with E-state index in [1.54, 1.807) is 0 Å². The Labute approximate surface area is 216 Å². The van der Waals surface area contributed by atoms with Crippen molar-refractivity contribution >= 4 is 21.7 Å². The van der Waals surface area contributed by atoms with Crippen molar-refractivity contribution in [2.45, 2.75) is 54.3 Å². The summed E-state index contributed by atoms with van der Waals surface area (Å²) >= 11 is 0. The summed E-state index contributed by atoms with van der Waals surface area (Å²) in [5.74, 6) is -3.94. The Hall–Kier alpha value is -2.99. The molecule has 7 nitrogen and oxygen atoms in total. The smallest absolute Gasteiger partial charge is 0.395 e. The van der Waals surface area contributed by atoms with Crippen molar-refractivity contribution < 1.29 is 40.7 Å². The molecule has 0 aromatic heterocycles. The molecule has 1 aliphatic heterocycles. The summed E-state index contributed by atoms with van der Waals surface area (Å²) in [6.45, 7) is -0.608. The van der Waals surface area contributed by atoms with Gasteiger partial charge in [0.15, 0.2) is 9.84 Å². The van der Waals surface area contributed by atoms with Crippen LogP contribution < -0.4 is 5.73 Å². The lowest BCUT2D eigenvalue weighted by Gasteiger charge is -2.39. The summed E-state index contributed by atoms with van der Waals surface area (Å²) in [6, 6.07) is 6.60. The van der Waals surface area contributed by atoms with Crippen molar-refractivity contribution in [2.24, 2.45) is 17.6 Å². The number of aliphatic hydroxyl groups excluding tert-OH is 1. The number of alkyl halides is 3. The largest absolute Gasteiger partial charge is 0.416 e. The Bertz CT molecular complexity index is 1410. The Morgan fingerprint density at radius 3 is 2.45 bits per heavy atom. The van der Waals surface area contributed by atoms with Gasteiger partial charge in [0.2, 0.25) is 5.91 Å². The van der Waals surface area contributed by atoms with Crippen LogP contribution in [-0.2, 0) is 20.8 Å². The first kappa shape index (κ1) is 26.6. The molecule has 4 atom stereocenters. The molecule has 2 aliphatic carbocycles. The van der Waals surface area contributed by atoms with Crippen LogP contribution in [0.15, 0.2) is 47.4 Å². The summed E-state index contributed by atoms with van der Waals surface area (Å²) < 4.78 is 79.8. The second-order valence-corrected chi connectivity index (χ2v) is 12.4. The monoisotopic (exact) mass is 554 g/mol. The van der Waals surface area contributed by atoms with E-state index in [0.717, 1.165) is 12.1 Å². The standard InChI is InChI=1S/C26H26F4N2O5S/c27-20-11-16(26(28,29)30)6-7-19(20)22(14-4-5-14)25-13-17(25)12-21(23(31)34)32(25)24(35)15-2-1-3-18(10-15)38(36,37)9-8-33/h1-3,6-7,10-11,14,17,21-22,33H,4-5,8-9,12-13H2,(H2,31,34)/t17?,21?,22-,25?/m1/s1. The number of amides is 2. The number of aliphatic hydroxyl groups is 1. The highest BCUT2D eigenvalue weighted by molar-refractivity contribution is 7.91. The van der Waals surface area contributed by atoms with Gasteiger partial charge in [-0.3, -0.25) is 9.59 Å². The number of hydrogen-bond donors (Lipinski definition) is 2. The number of nitrogens with zero attached hydrogens (tertiary/aromatic N) is 1. The number of fused-ring (bicyclic) bond motifs is 1. The minimum absolute atomic E-state index is 0.0235. The van der Waals surface area contributed by atoms with Crippen LogP contribution >= 0.6 is 0 Å². The molecule has 3 unspecified atom stereocenters. The number of primary amides is 1. The number of nitrogens with two attached hydrogens (primary N) is 1. The average Bonchev–Trinajstić information content (AvgIpc) is 3.77. The van der Waals surface area contributed by atoms with Gasteiger partial charge < -0.3 is 15.7 Å². The van der Waals surface area contributed by atoms with Crippen LogP contribution in [-0.4, -0.2) is 54.2 Å². The van der Waals surface area contributed by atoms with Crippen molar-refractivity contribution in [1.29, 1.82) is 0 Å². The van der Waals surface area contributed by atoms with Crippen molar-refractivity contribution in [3.63, 3.8) is 0 Å². The predicted octanol–water partition coefficient (Wildman–Crippen LogP) is 3.26. The lowest BCUT2D eigenvalue weighted by Crippen LogP contribution is -2.53. The number of sulfone groups is 1. The third-order valence-electron chi connectivity index (χ3n) is 8.03. The van der Waals surface area contributed by atoms with E-state index in [-0.39, 0.29) is 34.3 Å². The van der Waals surface area contributed by atoms with Gasteiger partial charge in [-0.15, -0.1) is 0 Å². The first-order valence-electron chi connectivity index (χ1n) is 12.2. The van der Waals surface area contributed by atoms with Gasteiger partial charge in [0, 0.05) is 11.5 Å². The zero-order valence-corrected chi connectivity index (χ0v) is 20.9. The van der Waals surface area contributed by atoms with E-state index in [1.807, 2.05) is 0 Å². The fraction of sp³-hybridized carbons (Fsp3) is 0.462. The molecule has 0 spiro atoms. The fourth-order valence-corrected chi connectivity index (χ4v) is 7.27. The number of rotatable bonds is 8. The molecule has 3 fully saturated rings. The lowest BCUT2D eigenvalue weighted by molar-refractivity contribution is -0.137. The third-order valence-corrected chi connectivity index (χ3v) is 9.72. The van der Waals surface area contributed by atoms with Crippen molar-refractivity contribution in [3.05, 3.63) is 65.0 Å². The van der Waals surface area contributed by atoms with Gasteiger partial charge >= 0.3 is 6.18 Å². The molecule has 1 saturated heterocycles. The van der Waals surface area contributed by atoms with Crippen molar-refractivity contribution in [3.8, 4) is 0 Å². The van der Waals surface area contributed by atoms with Gasteiger partial charge in [0.1, 0.15) is 11.9 Å². The predicted molar refractivity (Wildman–Crippen MR) is 127 cm³/mol. The van der Waals surface area contributed by atoms with Gasteiger partial charge in [-0.05, 0) is 73.4 Å². The Morgan fingerprint density at radius 1 is 1.16 bits per heavy atom. The fourth-order valence-electron chi connectivity index (χ4n) is 6.20. The first-order valence-corrected chi connectivity index (χ1v) is 13.9. The molecule has 12 heteroatoms. The molecule has 204 valence electrons. The normalized spacial score (nSPS) is 25.7. The summed E-state index contributed by atoms with van der Waals surface area (Å²) in [5, 5.41) is 9.10. The molecule has 38 heavy (non-hydrogen) atoms. The van der Waals surface area contributed by atoms with Crippen LogP contribution in [0, 0.1) is 17.7 Å². The number of carbonyl (C=O) groups is 2. The maximum atomic E-state index is 15.2. The van der Waals surface area contributed by atoms with Crippen LogP contribution in [0.3, 0.4) is 0 Å². The summed E-state index contributed by atoms with van der Waals surface area (Å²) in [5.41, 5.74) is 3.55. The van der Waals surface area contributed by atoms with E-state index in [2.05, 4.69) is 0 Å². The topological polar surface area (TPSA) is 118 Å². The highest BCUT2D eigenvalue weighted by Crippen LogP contribution is 2.69. The van der Waals surface area contributed by atoms with Crippen LogP contribution in [0.1, 0.15) is 53.1 Å². The van der Waals surface area contributed by atoms with E-state index in [1.165, 1.54) is 29.2 Å². The highest BCUT2D eigenvalue weighted by atomic mass is 32.2. The van der Waals surface area contributed by atoms with E-state index < -0.39 is 69.1 Å². The van der Waals surface area contributed by atoms with Crippen LogP contribution in [0.2, 0.25) is 0 Å². The summed E-state index contributed by atoms with van der Waals surface area (Å²) in [7, 11) is -3.88. The van der Waals surface area contributed by atoms with Crippen LogP contribution in [0.25, 0.3) is 0 Å². The quantitative estimate of drug-likeness (QED) is 0.486. The number of hydrogen-bond acceptors (Lipinski definition) is 5. The van der Waals surface area contributed by atoms with E-state index in [4.69, 9.17) is 10.8 Å². The number of likely N-dealkylation sites (tertiary alicyclic amines) is 1. The number of piperidine rings is 1. The third kappa shape index (κ3) is 4.37. The maximum absolute atomic E-state index is 15.2. The Balaban J connectivity index is 1.58. The zero-order valence-electron chi connectivity index (χ0n) is 20.1. The summed E-state index contributed by atoms with van der Waals surface area (Å²) in [6.07, 6.45) is -2.68. The molecule has 1 heterocycles. The second-order valence-electron chi connectivity index (χ2n) is 10.3. The number of carbonyl (C=O) groups excluding carboxylic acids is 2. The number of halogens is 4. The minimum atomic E-state index is -4.72. The first-order chi connectivity index (χ1) is 17.8. The van der Waals surface area contributed by atoms with Crippen LogP contribution in [0.4, 0.5) is 17.6 Å². The molecule has 2 saturated carbocycles. The van der Waals surface area contributed by atoms with Gasteiger partial charge in [0.25, 0.3) is 5.91 Å². The van der Waals surface area contributed by atoms with Crippen LogP contribution in [0.5, 0.6) is 0 Å². The molecule has 2 amide bonds. The van der Waals surface area contributed by atoms with Gasteiger partial charge in [-0.1, -0.05) is 12.1 Å². The van der Waals surface area contributed by atoms with Gasteiger partial charge in [-0.2, -0.15) is 13.2 Å². The Kier molecular flexibility index (Phi) is 6.33.